The third-order valence-electron chi connectivity index (χ3n) is 1.71. The van der Waals surface area contributed by atoms with Crippen molar-refractivity contribution in [2.45, 2.75) is 11.4 Å². The molecule has 0 heterocycles. The van der Waals surface area contributed by atoms with Crippen molar-refractivity contribution in [1.82, 2.24) is 0 Å². The average molecular weight is 232 g/mol. The Hall–Kier alpha value is -0.770. The summed E-state index contributed by atoms with van der Waals surface area (Å²) < 4.78 is 40.6. The van der Waals surface area contributed by atoms with Crippen LogP contribution in [-0.4, -0.2) is 18.0 Å². The van der Waals surface area contributed by atoms with E-state index in [0.29, 0.717) is 0 Å². The minimum Gasteiger partial charge on any atom is -0.285 e. The topological polar surface area (TPSA) is 71.4 Å². The molecule has 1 atom stereocenters. The van der Waals surface area contributed by atoms with Gasteiger partial charge in [0.1, 0.15) is 0 Å². The smallest absolute Gasteiger partial charge is 0.279 e. The lowest BCUT2D eigenvalue weighted by molar-refractivity contribution is 0.477. The molecule has 14 heavy (non-hydrogen) atoms. The van der Waals surface area contributed by atoms with Crippen molar-refractivity contribution < 1.29 is 17.5 Å². The van der Waals surface area contributed by atoms with Gasteiger partial charge in [-0.25, -0.2) is 0 Å². The summed E-state index contributed by atoms with van der Waals surface area (Å²) in [5.41, 5.74) is 0.721. The van der Waals surface area contributed by atoms with Crippen LogP contribution in [0.25, 0.3) is 0 Å². The van der Waals surface area contributed by atoms with Gasteiger partial charge >= 0.3 is 0 Å². The van der Waals surface area contributed by atoms with E-state index in [9.17, 15) is 13.0 Å². The molecule has 1 unspecified atom stereocenters. The van der Waals surface area contributed by atoms with E-state index in [0.717, 1.165) is 5.56 Å². The Morgan fingerprint density at radius 2 is 1.86 bits per heavy atom. The Labute approximate surface area is 83.9 Å². The van der Waals surface area contributed by atoms with Gasteiger partial charge in [0.05, 0.1) is 0 Å². The van der Waals surface area contributed by atoms with Gasteiger partial charge in [-0.3, -0.25) is 9.12 Å². The maximum absolute atomic E-state index is 10.7. The molecule has 0 fully saturated rings. The quantitative estimate of drug-likeness (QED) is 0.634. The van der Waals surface area contributed by atoms with Gasteiger partial charge in [-0.1, -0.05) is 30.3 Å². The Morgan fingerprint density at radius 3 is 2.29 bits per heavy atom. The Kier molecular flexibility index (Phi) is 3.75. The molecular weight excluding hydrogens is 223 g/mol. The van der Waals surface area contributed by atoms with Crippen molar-refractivity contribution in [3.8, 4) is 0 Å². The highest BCUT2D eigenvalue weighted by Gasteiger charge is 2.23. The van der Waals surface area contributed by atoms with Crippen molar-refractivity contribution in [2.24, 2.45) is 0 Å². The zero-order valence-electron chi connectivity index (χ0n) is 7.20. The predicted octanol–water partition coefficient (Wildman–Crippen LogP) is 1.73. The van der Waals surface area contributed by atoms with Crippen LogP contribution in [0.2, 0.25) is 0 Å². The lowest BCUT2D eigenvalue weighted by Gasteiger charge is -2.04. The van der Waals surface area contributed by atoms with Crippen LogP contribution in [-0.2, 0) is 21.1 Å². The van der Waals surface area contributed by atoms with Gasteiger partial charge in [-0.05, 0) is 5.56 Å². The molecule has 0 aliphatic rings. The molecule has 4 nitrogen and oxygen atoms in total. The standard InChI is InChI=1S/C8H9O4PS/c9-13-8(14(10,11)12)6-7-4-2-1-3-5-7/h1-5,8H,6H2,(H,10,11,12). The fourth-order valence-electron chi connectivity index (χ4n) is 1.01. The number of benzene rings is 1. The first kappa shape index (κ1) is 11.3. The first-order valence-electron chi connectivity index (χ1n) is 3.86. The van der Waals surface area contributed by atoms with Gasteiger partial charge in [-0.2, -0.15) is 8.42 Å². The summed E-state index contributed by atoms with van der Waals surface area (Å²) in [6.45, 7) is 0. The third kappa shape index (κ3) is 3.18. The minimum atomic E-state index is -4.24. The molecule has 0 spiro atoms. The zero-order valence-corrected chi connectivity index (χ0v) is 8.91. The fraction of sp³-hybridized carbons (Fsp3) is 0.250. The molecule has 1 aromatic rings. The molecule has 0 aromatic heterocycles. The summed E-state index contributed by atoms with van der Waals surface area (Å²) in [5.74, 6) is 0. The average Bonchev–Trinajstić information content (AvgIpc) is 2.14. The largest absolute Gasteiger partial charge is 0.285 e. The van der Waals surface area contributed by atoms with Crippen LogP contribution in [0, 0.1) is 0 Å². The normalized spacial score (nSPS) is 14.1. The molecule has 1 rings (SSSR count). The minimum absolute atomic E-state index is 0.0464. The summed E-state index contributed by atoms with van der Waals surface area (Å²) in [5, 5.41) is 0. The van der Waals surface area contributed by atoms with Gasteiger partial charge in [-0.15, -0.1) is 0 Å². The van der Waals surface area contributed by atoms with Crippen LogP contribution in [0.3, 0.4) is 0 Å². The zero-order chi connectivity index (χ0) is 10.6. The van der Waals surface area contributed by atoms with Crippen molar-refractivity contribution in [1.29, 1.82) is 0 Å². The van der Waals surface area contributed by atoms with Gasteiger partial charge < -0.3 is 0 Å². The molecule has 0 saturated heterocycles. The monoisotopic (exact) mass is 232 g/mol. The highest BCUT2D eigenvalue weighted by atomic mass is 32.2. The molecule has 0 radical (unpaired) electrons. The molecule has 0 aliphatic heterocycles. The van der Waals surface area contributed by atoms with Crippen LogP contribution in [0.1, 0.15) is 5.56 Å². The van der Waals surface area contributed by atoms with E-state index < -0.39 is 23.6 Å². The third-order valence-corrected chi connectivity index (χ3v) is 4.04. The van der Waals surface area contributed by atoms with Crippen LogP contribution in [0.5, 0.6) is 0 Å². The molecule has 6 heteroatoms. The van der Waals surface area contributed by atoms with E-state index in [1.165, 1.54) is 0 Å². The second kappa shape index (κ2) is 4.64. The second-order valence-corrected chi connectivity index (χ2v) is 5.55. The predicted molar refractivity (Wildman–Crippen MR) is 53.1 cm³/mol. The lowest BCUT2D eigenvalue weighted by atomic mass is 10.2. The molecular formula is C8H9O4PS. The maximum atomic E-state index is 10.7. The van der Waals surface area contributed by atoms with Crippen LogP contribution >= 0.6 is 8.46 Å². The number of hydrogen-bond acceptors (Lipinski definition) is 3. The Morgan fingerprint density at radius 1 is 1.29 bits per heavy atom. The molecule has 0 amide bonds. The molecule has 76 valence electrons. The second-order valence-electron chi connectivity index (χ2n) is 2.76. The first-order valence-corrected chi connectivity index (χ1v) is 6.25. The Bertz CT molecular complexity index is 401. The van der Waals surface area contributed by atoms with Crippen molar-refractivity contribution in [3.05, 3.63) is 35.9 Å². The van der Waals surface area contributed by atoms with E-state index in [4.69, 9.17) is 4.55 Å². The summed E-state index contributed by atoms with van der Waals surface area (Å²) in [4.78, 5) is -1.27. The van der Waals surface area contributed by atoms with E-state index in [1.807, 2.05) is 0 Å². The van der Waals surface area contributed by atoms with E-state index >= 15 is 0 Å². The molecule has 0 saturated carbocycles. The summed E-state index contributed by atoms with van der Waals surface area (Å²) in [7, 11) is -4.83. The Balaban J connectivity index is 2.82. The maximum Gasteiger partial charge on any atom is 0.279 e. The van der Waals surface area contributed by atoms with Gasteiger partial charge in [0, 0.05) is 6.42 Å². The number of rotatable bonds is 4. The van der Waals surface area contributed by atoms with Crippen LogP contribution in [0.4, 0.5) is 0 Å². The van der Waals surface area contributed by atoms with Gasteiger partial charge in [0.2, 0.25) is 0 Å². The molecule has 0 aliphatic carbocycles. The van der Waals surface area contributed by atoms with Crippen LogP contribution in [0.15, 0.2) is 30.3 Å². The van der Waals surface area contributed by atoms with E-state index in [2.05, 4.69) is 0 Å². The van der Waals surface area contributed by atoms with E-state index in [-0.39, 0.29) is 6.42 Å². The summed E-state index contributed by atoms with van der Waals surface area (Å²) in [6, 6.07) is 8.71. The fourth-order valence-corrected chi connectivity index (χ4v) is 2.14. The molecule has 1 N–H and O–H groups in total. The SMILES string of the molecule is O=PC(Cc1ccccc1)S(=O)(=O)O. The van der Waals surface area contributed by atoms with Crippen LogP contribution < -0.4 is 0 Å². The lowest BCUT2D eigenvalue weighted by Crippen LogP contribution is -2.16. The van der Waals surface area contributed by atoms with Crippen molar-refractivity contribution >= 4 is 18.6 Å². The van der Waals surface area contributed by atoms with Crippen molar-refractivity contribution in [3.63, 3.8) is 0 Å². The van der Waals surface area contributed by atoms with Gasteiger partial charge in [0.15, 0.2) is 13.5 Å². The van der Waals surface area contributed by atoms with Gasteiger partial charge in [0.25, 0.3) is 10.1 Å². The van der Waals surface area contributed by atoms with Crippen molar-refractivity contribution in [2.75, 3.05) is 0 Å². The molecule has 0 bridgehead atoms. The first-order chi connectivity index (χ1) is 6.54. The molecule has 1 aromatic carbocycles. The number of hydrogen-bond donors (Lipinski definition) is 1. The highest BCUT2D eigenvalue weighted by Crippen LogP contribution is 2.18. The summed E-state index contributed by atoms with van der Waals surface area (Å²) >= 11 is 0. The summed E-state index contributed by atoms with van der Waals surface area (Å²) in [6.07, 6.45) is 0.0464. The highest BCUT2D eigenvalue weighted by molar-refractivity contribution is 7.91. The van der Waals surface area contributed by atoms with E-state index in [1.54, 1.807) is 30.3 Å².